The molecule has 1 fully saturated rings. The highest BCUT2D eigenvalue weighted by Crippen LogP contribution is 2.27. The molecule has 0 bridgehead atoms. The summed E-state index contributed by atoms with van der Waals surface area (Å²) in [4.78, 5) is 11.8. The Labute approximate surface area is 126 Å². The number of imidazole rings is 1. The van der Waals surface area contributed by atoms with Gasteiger partial charge in [-0.05, 0) is 26.2 Å². The second-order valence-electron chi connectivity index (χ2n) is 5.93. The van der Waals surface area contributed by atoms with Gasteiger partial charge in [0.25, 0.3) is 0 Å². The lowest BCUT2D eigenvalue weighted by molar-refractivity contribution is 0.611. The van der Waals surface area contributed by atoms with Crippen molar-refractivity contribution in [3.05, 3.63) is 18.6 Å². The van der Waals surface area contributed by atoms with Crippen molar-refractivity contribution in [1.82, 2.24) is 14.4 Å². The van der Waals surface area contributed by atoms with Crippen LogP contribution in [-0.2, 0) is 0 Å². The third-order valence-electron chi connectivity index (χ3n) is 4.24. The molecule has 21 heavy (non-hydrogen) atoms. The van der Waals surface area contributed by atoms with Crippen LogP contribution in [0.4, 0.5) is 11.6 Å². The smallest absolute Gasteiger partial charge is 0.180 e. The van der Waals surface area contributed by atoms with Crippen molar-refractivity contribution in [3.63, 3.8) is 0 Å². The number of fused-ring (bicyclic) bond motifs is 1. The van der Waals surface area contributed by atoms with Gasteiger partial charge in [-0.1, -0.05) is 19.8 Å². The summed E-state index contributed by atoms with van der Waals surface area (Å²) in [5.41, 5.74) is 0.964. The SMILES string of the molecule is CCCNc1cn2ccnc2c(N2CCCCCC2C)n1. The van der Waals surface area contributed by atoms with Crippen molar-refractivity contribution in [3.8, 4) is 0 Å². The van der Waals surface area contributed by atoms with E-state index >= 15 is 0 Å². The molecule has 0 amide bonds. The number of hydrogen-bond donors (Lipinski definition) is 1. The van der Waals surface area contributed by atoms with Crippen LogP contribution in [0.5, 0.6) is 0 Å². The second-order valence-corrected chi connectivity index (χ2v) is 5.93. The molecule has 5 heteroatoms. The average molecular weight is 287 g/mol. The van der Waals surface area contributed by atoms with Crippen molar-refractivity contribution in [2.75, 3.05) is 23.3 Å². The molecular formula is C16H25N5. The largest absolute Gasteiger partial charge is 0.369 e. The Hall–Kier alpha value is -1.78. The van der Waals surface area contributed by atoms with E-state index in [1.54, 1.807) is 0 Å². The normalized spacial score (nSPS) is 19.7. The van der Waals surface area contributed by atoms with Gasteiger partial charge in [0, 0.05) is 31.5 Å². The van der Waals surface area contributed by atoms with Crippen molar-refractivity contribution in [1.29, 1.82) is 0 Å². The zero-order valence-electron chi connectivity index (χ0n) is 13.0. The average Bonchev–Trinajstić information content (AvgIpc) is 2.86. The van der Waals surface area contributed by atoms with Crippen molar-refractivity contribution in [2.45, 2.75) is 52.0 Å². The standard InChI is InChI=1S/C16H25N5/c1-3-8-17-14-12-20-11-9-18-15(20)16(19-14)21-10-6-4-5-7-13(21)2/h9,11-13,17H,3-8,10H2,1-2H3. The minimum Gasteiger partial charge on any atom is -0.369 e. The summed E-state index contributed by atoms with van der Waals surface area (Å²) in [5.74, 6) is 1.96. The summed E-state index contributed by atoms with van der Waals surface area (Å²) in [6, 6.07) is 0.530. The lowest BCUT2D eigenvalue weighted by Gasteiger charge is -2.28. The van der Waals surface area contributed by atoms with Gasteiger partial charge in [0.2, 0.25) is 0 Å². The molecule has 2 aromatic heterocycles. The quantitative estimate of drug-likeness (QED) is 0.937. The molecule has 0 radical (unpaired) electrons. The van der Waals surface area contributed by atoms with E-state index in [1.807, 2.05) is 18.6 Å². The van der Waals surface area contributed by atoms with E-state index in [2.05, 4.69) is 33.4 Å². The molecule has 114 valence electrons. The monoisotopic (exact) mass is 287 g/mol. The summed E-state index contributed by atoms with van der Waals surface area (Å²) < 4.78 is 2.08. The molecule has 0 aliphatic carbocycles. The van der Waals surface area contributed by atoms with Gasteiger partial charge in [-0.3, -0.25) is 0 Å². The Bertz CT molecular complexity index is 591. The maximum Gasteiger partial charge on any atom is 0.180 e. The molecule has 3 rings (SSSR count). The zero-order valence-corrected chi connectivity index (χ0v) is 13.0. The molecule has 0 saturated carbocycles. The summed E-state index contributed by atoms with van der Waals surface area (Å²) in [6.45, 7) is 6.50. The van der Waals surface area contributed by atoms with Gasteiger partial charge in [0.1, 0.15) is 5.82 Å². The van der Waals surface area contributed by atoms with Crippen LogP contribution < -0.4 is 10.2 Å². The van der Waals surface area contributed by atoms with Crippen LogP contribution in [0.25, 0.3) is 5.65 Å². The highest BCUT2D eigenvalue weighted by molar-refractivity contribution is 5.67. The number of rotatable bonds is 4. The Morgan fingerprint density at radius 2 is 2.24 bits per heavy atom. The minimum absolute atomic E-state index is 0.530. The van der Waals surface area contributed by atoms with Gasteiger partial charge >= 0.3 is 0 Å². The van der Waals surface area contributed by atoms with Crippen LogP contribution in [0.3, 0.4) is 0 Å². The summed E-state index contributed by atoms with van der Waals surface area (Å²) in [5, 5.41) is 3.40. The first kappa shape index (κ1) is 14.2. The molecule has 1 atom stereocenters. The number of hydrogen-bond acceptors (Lipinski definition) is 4. The first-order chi connectivity index (χ1) is 10.3. The fraction of sp³-hybridized carbons (Fsp3) is 0.625. The van der Waals surface area contributed by atoms with Crippen molar-refractivity contribution >= 4 is 17.3 Å². The van der Waals surface area contributed by atoms with E-state index < -0.39 is 0 Å². The van der Waals surface area contributed by atoms with Crippen LogP contribution in [0.15, 0.2) is 18.6 Å². The number of nitrogens with zero attached hydrogens (tertiary/aromatic N) is 4. The summed E-state index contributed by atoms with van der Waals surface area (Å²) in [7, 11) is 0. The third-order valence-corrected chi connectivity index (χ3v) is 4.24. The van der Waals surface area contributed by atoms with Crippen molar-refractivity contribution < 1.29 is 0 Å². The molecule has 2 aromatic rings. The van der Waals surface area contributed by atoms with Crippen LogP contribution in [0.2, 0.25) is 0 Å². The molecule has 5 nitrogen and oxygen atoms in total. The molecule has 0 spiro atoms. The number of nitrogens with one attached hydrogen (secondary N) is 1. The Kier molecular flexibility index (Phi) is 4.27. The molecule has 3 heterocycles. The van der Waals surface area contributed by atoms with E-state index in [0.29, 0.717) is 6.04 Å². The summed E-state index contributed by atoms with van der Waals surface area (Å²) >= 11 is 0. The molecule has 1 N–H and O–H groups in total. The van der Waals surface area contributed by atoms with E-state index in [9.17, 15) is 0 Å². The first-order valence-corrected chi connectivity index (χ1v) is 8.14. The Balaban J connectivity index is 2.00. The van der Waals surface area contributed by atoms with Gasteiger partial charge in [-0.2, -0.15) is 0 Å². The molecule has 1 saturated heterocycles. The fourth-order valence-corrected chi connectivity index (χ4v) is 3.04. The maximum absolute atomic E-state index is 4.86. The number of anilines is 2. The second kappa shape index (κ2) is 6.33. The van der Waals surface area contributed by atoms with Gasteiger partial charge in [0.15, 0.2) is 11.5 Å². The van der Waals surface area contributed by atoms with E-state index in [-0.39, 0.29) is 0 Å². The molecule has 1 unspecified atom stereocenters. The van der Waals surface area contributed by atoms with Gasteiger partial charge in [0.05, 0.1) is 6.20 Å². The molecule has 0 aromatic carbocycles. The van der Waals surface area contributed by atoms with Gasteiger partial charge in [-0.15, -0.1) is 0 Å². The zero-order chi connectivity index (χ0) is 14.7. The lowest BCUT2D eigenvalue weighted by Crippen LogP contribution is -2.33. The Morgan fingerprint density at radius 1 is 1.33 bits per heavy atom. The number of aromatic nitrogens is 3. The van der Waals surface area contributed by atoms with Crippen LogP contribution in [0.1, 0.15) is 46.0 Å². The minimum atomic E-state index is 0.530. The van der Waals surface area contributed by atoms with Crippen molar-refractivity contribution in [2.24, 2.45) is 0 Å². The molecular weight excluding hydrogens is 262 g/mol. The van der Waals surface area contributed by atoms with Gasteiger partial charge < -0.3 is 14.6 Å². The van der Waals surface area contributed by atoms with Crippen LogP contribution in [-0.4, -0.2) is 33.5 Å². The lowest BCUT2D eigenvalue weighted by atomic mass is 10.1. The topological polar surface area (TPSA) is 45.5 Å². The van der Waals surface area contributed by atoms with E-state index in [1.165, 1.54) is 25.7 Å². The molecule has 1 aliphatic heterocycles. The highest BCUT2D eigenvalue weighted by Gasteiger charge is 2.22. The van der Waals surface area contributed by atoms with Crippen LogP contribution in [0, 0.1) is 0 Å². The molecule has 1 aliphatic rings. The third kappa shape index (κ3) is 2.96. The summed E-state index contributed by atoms with van der Waals surface area (Å²) in [6.07, 6.45) is 12.1. The fourth-order valence-electron chi connectivity index (χ4n) is 3.04. The highest BCUT2D eigenvalue weighted by atomic mass is 15.3. The van der Waals surface area contributed by atoms with Crippen LogP contribution >= 0.6 is 0 Å². The van der Waals surface area contributed by atoms with E-state index in [0.717, 1.165) is 36.8 Å². The maximum atomic E-state index is 4.86. The predicted molar refractivity (Wildman–Crippen MR) is 87.0 cm³/mol. The van der Waals surface area contributed by atoms with E-state index in [4.69, 9.17) is 4.98 Å². The Morgan fingerprint density at radius 3 is 3.10 bits per heavy atom. The first-order valence-electron chi connectivity index (χ1n) is 8.14. The predicted octanol–water partition coefficient (Wildman–Crippen LogP) is 3.32. The van der Waals surface area contributed by atoms with Gasteiger partial charge in [-0.25, -0.2) is 9.97 Å².